The van der Waals surface area contributed by atoms with Gasteiger partial charge >= 0.3 is 5.91 Å². The van der Waals surface area contributed by atoms with Crippen LogP contribution < -0.4 is 16.0 Å². The number of nitro groups is 1. The number of amides is 1. The number of hydrazine groups is 1. The SMILES string of the molecule is Cc1oc(C(=O)NN)cc1COc1cccc([N+](=O)[O-])c1. The Morgan fingerprint density at radius 3 is 2.90 bits per heavy atom. The van der Waals surface area contributed by atoms with Crippen molar-refractivity contribution in [3.8, 4) is 5.75 Å². The van der Waals surface area contributed by atoms with Crippen LogP contribution in [0.1, 0.15) is 21.9 Å². The maximum Gasteiger partial charge on any atom is 0.300 e. The summed E-state index contributed by atoms with van der Waals surface area (Å²) in [5, 5.41) is 10.7. The van der Waals surface area contributed by atoms with E-state index in [1.807, 2.05) is 5.43 Å². The summed E-state index contributed by atoms with van der Waals surface area (Å²) in [4.78, 5) is 21.5. The molecule has 1 aromatic carbocycles. The number of ether oxygens (including phenoxy) is 1. The summed E-state index contributed by atoms with van der Waals surface area (Å²) in [6.45, 7) is 1.80. The van der Waals surface area contributed by atoms with Gasteiger partial charge in [0.05, 0.1) is 11.0 Å². The molecule has 2 rings (SSSR count). The number of aryl methyl sites for hydroxylation is 1. The van der Waals surface area contributed by atoms with Gasteiger partial charge in [0.1, 0.15) is 18.1 Å². The van der Waals surface area contributed by atoms with Crippen molar-refractivity contribution < 1.29 is 18.9 Å². The normalized spacial score (nSPS) is 10.2. The second kappa shape index (κ2) is 6.06. The first-order valence-corrected chi connectivity index (χ1v) is 5.98. The van der Waals surface area contributed by atoms with Gasteiger partial charge in [-0.2, -0.15) is 0 Å². The minimum absolute atomic E-state index is 0.0559. The molecule has 0 atom stereocenters. The third-order valence-corrected chi connectivity index (χ3v) is 2.80. The van der Waals surface area contributed by atoms with Crippen molar-refractivity contribution in [2.45, 2.75) is 13.5 Å². The molecule has 1 aromatic heterocycles. The van der Waals surface area contributed by atoms with Crippen LogP contribution in [0.3, 0.4) is 0 Å². The summed E-state index contributed by atoms with van der Waals surface area (Å²) in [5.41, 5.74) is 2.56. The molecule has 0 saturated carbocycles. The first-order chi connectivity index (χ1) is 10.0. The molecule has 8 heteroatoms. The quantitative estimate of drug-likeness (QED) is 0.374. The van der Waals surface area contributed by atoms with E-state index in [1.54, 1.807) is 13.0 Å². The topological polar surface area (TPSA) is 121 Å². The lowest BCUT2D eigenvalue weighted by Gasteiger charge is -2.04. The van der Waals surface area contributed by atoms with Crippen molar-refractivity contribution in [3.05, 3.63) is 57.5 Å². The minimum Gasteiger partial charge on any atom is -0.489 e. The lowest BCUT2D eigenvalue weighted by molar-refractivity contribution is -0.384. The van der Waals surface area contributed by atoms with E-state index in [0.29, 0.717) is 17.1 Å². The van der Waals surface area contributed by atoms with Gasteiger partial charge in [0.15, 0.2) is 5.76 Å². The number of nitrogens with zero attached hydrogens (tertiary/aromatic N) is 1. The smallest absolute Gasteiger partial charge is 0.300 e. The molecule has 0 aliphatic heterocycles. The Morgan fingerprint density at radius 1 is 1.48 bits per heavy atom. The second-order valence-corrected chi connectivity index (χ2v) is 4.21. The standard InChI is InChI=1S/C13H13N3O5/c1-8-9(5-12(21-8)13(17)15-14)7-20-11-4-2-3-10(6-11)16(18)19/h2-6H,7,14H2,1H3,(H,15,17). The van der Waals surface area contributed by atoms with Gasteiger partial charge in [-0.25, -0.2) is 5.84 Å². The molecule has 2 aromatic rings. The van der Waals surface area contributed by atoms with Crippen molar-refractivity contribution in [2.75, 3.05) is 0 Å². The molecule has 0 fully saturated rings. The van der Waals surface area contributed by atoms with E-state index in [9.17, 15) is 14.9 Å². The summed E-state index contributed by atoms with van der Waals surface area (Å²) in [7, 11) is 0. The summed E-state index contributed by atoms with van der Waals surface area (Å²) < 4.78 is 10.7. The van der Waals surface area contributed by atoms with Crippen molar-refractivity contribution in [1.82, 2.24) is 5.43 Å². The zero-order chi connectivity index (χ0) is 15.4. The predicted octanol–water partition coefficient (Wildman–Crippen LogP) is 1.68. The first kappa shape index (κ1) is 14.5. The number of nitrogens with two attached hydrogens (primary N) is 1. The van der Waals surface area contributed by atoms with Gasteiger partial charge in [-0.15, -0.1) is 0 Å². The lowest BCUT2D eigenvalue weighted by atomic mass is 10.2. The Balaban J connectivity index is 2.09. The van der Waals surface area contributed by atoms with Crippen LogP contribution in [0.2, 0.25) is 0 Å². The van der Waals surface area contributed by atoms with Crippen LogP contribution in [-0.2, 0) is 6.61 Å². The van der Waals surface area contributed by atoms with Gasteiger partial charge in [-0.3, -0.25) is 20.3 Å². The van der Waals surface area contributed by atoms with Crippen LogP contribution in [0.25, 0.3) is 0 Å². The number of nitro benzene ring substituents is 1. The number of furan rings is 1. The van der Waals surface area contributed by atoms with E-state index >= 15 is 0 Å². The summed E-state index contributed by atoms with van der Waals surface area (Å²) >= 11 is 0. The van der Waals surface area contributed by atoms with Crippen LogP contribution in [0.15, 0.2) is 34.7 Å². The van der Waals surface area contributed by atoms with Crippen LogP contribution in [0.5, 0.6) is 5.75 Å². The van der Waals surface area contributed by atoms with E-state index < -0.39 is 10.8 Å². The molecule has 0 radical (unpaired) electrons. The predicted molar refractivity (Wildman–Crippen MR) is 72.5 cm³/mol. The van der Waals surface area contributed by atoms with Gasteiger partial charge in [0.25, 0.3) is 5.69 Å². The Kier molecular flexibility index (Phi) is 4.19. The largest absolute Gasteiger partial charge is 0.489 e. The fourth-order valence-electron chi connectivity index (χ4n) is 1.69. The fraction of sp³-hybridized carbons (Fsp3) is 0.154. The van der Waals surface area contributed by atoms with Crippen LogP contribution in [0, 0.1) is 17.0 Å². The molecule has 0 saturated heterocycles. The third kappa shape index (κ3) is 3.37. The Labute approximate surface area is 119 Å². The van der Waals surface area contributed by atoms with E-state index in [2.05, 4.69) is 0 Å². The third-order valence-electron chi connectivity index (χ3n) is 2.80. The first-order valence-electron chi connectivity index (χ1n) is 5.98. The molecule has 21 heavy (non-hydrogen) atoms. The van der Waals surface area contributed by atoms with Crippen molar-refractivity contribution in [3.63, 3.8) is 0 Å². The number of hydrogen-bond donors (Lipinski definition) is 2. The molecular formula is C13H13N3O5. The Hall–Kier alpha value is -2.87. The van der Waals surface area contributed by atoms with Crippen molar-refractivity contribution in [2.24, 2.45) is 5.84 Å². The average Bonchev–Trinajstić information content (AvgIpc) is 2.85. The highest BCUT2D eigenvalue weighted by Crippen LogP contribution is 2.22. The monoisotopic (exact) mass is 291 g/mol. The van der Waals surface area contributed by atoms with Crippen LogP contribution in [0.4, 0.5) is 5.69 Å². The Morgan fingerprint density at radius 2 is 2.24 bits per heavy atom. The maximum absolute atomic E-state index is 11.3. The number of hydrogen-bond acceptors (Lipinski definition) is 6. The summed E-state index contributed by atoms with van der Waals surface area (Å²) in [5.74, 6) is 5.42. The highest BCUT2D eigenvalue weighted by molar-refractivity contribution is 5.91. The number of rotatable bonds is 5. The molecular weight excluding hydrogens is 278 g/mol. The number of non-ortho nitro benzene ring substituents is 1. The zero-order valence-corrected chi connectivity index (χ0v) is 11.2. The Bertz CT molecular complexity index is 680. The molecule has 0 aliphatic rings. The molecule has 0 spiro atoms. The molecule has 110 valence electrons. The van der Waals surface area contributed by atoms with E-state index in [-0.39, 0.29) is 18.1 Å². The lowest BCUT2D eigenvalue weighted by Crippen LogP contribution is -2.29. The summed E-state index contributed by atoms with van der Waals surface area (Å²) in [6.07, 6.45) is 0. The van der Waals surface area contributed by atoms with Crippen LogP contribution >= 0.6 is 0 Å². The van der Waals surface area contributed by atoms with E-state index in [4.69, 9.17) is 15.0 Å². The zero-order valence-electron chi connectivity index (χ0n) is 11.2. The van der Waals surface area contributed by atoms with E-state index in [1.165, 1.54) is 24.3 Å². The molecule has 1 heterocycles. The maximum atomic E-state index is 11.3. The van der Waals surface area contributed by atoms with Gasteiger partial charge in [-0.05, 0) is 19.1 Å². The number of benzene rings is 1. The second-order valence-electron chi connectivity index (χ2n) is 4.21. The number of carbonyl (C=O) groups excluding carboxylic acids is 1. The van der Waals surface area contributed by atoms with Gasteiger partial charge in [0.2, 0.25) is 0 Å². The molecule has 0 bridgehead atoms. The fourth-order valence-corrected chi connectivity index (χ4v) is 1.69. The van der Waals surface area contributed by atoms with Crippen molar-refractivity contribution in [1.29, 1.82) is 0 Å². The molecule has 3 N–H and O–H groups in total. The summed E-state index contributed by atoms with van der Waals surface area (Å²) in [6, 6.07) is 7.34. The average molecular weight is 291 g/mol. The van der Waals surface area contributed by atoms with Crippen molar-refractivity contribution >= 4 is 11.6 Å². The molecule has 1 amide bonds. The van der Waals surface area contributed by atoms with Gasteiger partial charge in [-0.1, -0.05) is 6.07 Å². The number of nitrogens with one attached hydrogen (secondary N) is 1. The van der Waals surface area contributed by atoms with Gasteiger partial charge in [0, 0.05) is 11.6 Å². The van der Waals surface area contributed by atoms with Crippen LogP contribution in [-0.4, -0.2) is 10.8 Å². The van der Waals surface area contributed by atoms with Gasteiger partial charge < -0.3 is 9.15 Å². The number of nitrogen functional groups attached to an aromatic ring is 1. The highest BCUT2D eigenvalue weighted by Gasteiger charge is 2.14. The molecule has 0 aliphatic carbocycles. The van der Waals surface area contributed by atoms with E-state index in [0.717, 1.165) is 0 Å². The molecule has 8 nitrogen and oxygen atoms in total. The number of carbonyl (C=O) groups is 1. The molecule has 0 unspecified atom stereocenters. The highest BCUT2D eigenvalue weighted by atomic mass is 16.6. The minimum atomic E-state index is -0.542.